The van der Waals surface area contributed by atoms with Crippen molar-refractivity contribution in [2.75, 3.05) is 46.6 Å². The zero-order valence-corrected chi connectivity index (χ0v) is 14.0. The van der Waals surface area contributed by atoms with Crippen LogP contribution < -0.4 is 4.74 Å². The molecular weight excluding hydrogens is 297 g/mol. The summed E-state index contributed by atoms with van der Waals surface area (Å²) in [6.07, 6.45) is 4.15. The predicted molar refractivity (Wildman–Crippen MR) is 88.2 cm³/mol. The van der Waals surface area contributed by atoms with E-state index in [-0.39, 0.29) is 17.8 Å². The van der Waals surface area contributed by atoms with Crippen LogP contribution in [-0.4, -0.2) is 56.6 Å². The van der Waals surface area contributed by atoms with Gasteiger partial charge in [0.15, 0.2) is 0 Å². The Bertz CT molecular complexity index is 454. The molecule has 0 saturated carbocycles. The largest absolute Gasteiger partial charge is 0.492 e. The highest BCUT2D eigenvalue weighted by Gasteiger charge is 2.34. The first-order valence-corrected chi connectivity index (χ1v) is 8.38. The van der Waals surface area contributed by atoms with Crippen molar-refractivity contribution in [2.24, 2.45) is 5.41 Å². The molecule has 1 aromatic carbocycles. The lowest BCUT2D eigenvalue weighted by molar-refractivity contribution is 0.0147. The van der Waals surface area contributed by atoms with Crippen molar-refractivity contribution >= 4 is 0 Å². The summed E-state index contributed by atoms with van der Waals surface area (Å²) in [6, 6.07) is 6.11. The number of aliphatic hydroxyl groups is 1. The fourth-order valence-corrected chi connectivity index (χ4v) is 3.33. The summed E-state index contributed by atoms with van der Waals surface area (Å²) >= 11 is 0. The maximum absolute atomic E-state index is 12.9. The lowest BCUT2D eigenvalue weighted by atomic mass is 9.77. The minimum Gasteiger partial charge on any atom is -0.492 e. The second-order valence-electron chi connectivity index (χ2n) is 6.44. The van der Waals surface area contributed by atoms with E-state index in [1.54, 1.807) is 19.2 Å². The Morgan fingerprint density at radius 1 is 1.26 bits per heavy atom. The smallest absolute Gasteiger partial charge is 0.123 e. The molecule has 1 N–H and O–H groups in total. The number of ether oxygens (including phenoxy) is 2. The summed E-state index contributed by atoms with van der Waals surface area (Å²) < 4.78 is 23.7. The van der Waals surface area contributed by atoms with E-state index in [9.17, 15) is 9.50 Å². The lowest BCUT2D eigenvalue weighted by Gasteiger charge is -2.42. The van der Waals surface area contributed by atoms with Crippen LogP contribution in [0.4, 0.5) is 4.39 Å². The van der Waals surface area contributed by atoms with E-state index in [4.69, 9.17) is 9.47 Å². The summed E-state index contributed by atoms with van der Waals surface area (Å²) in [4.78, 5) is 2.36. The van der Waals surface area contributed by atoms with Crippen molar-refractivity contribution in [1.29, 1.82) is 0 Å². The van der Waals surface area contributed by atoms with Gasteiger partial charge in [-0.3, -0.25) is 4.90 Å². The van der Waals surface area contributed by atoms with Gasteiger partial charge >= 0.3 is 0 Å². The molecule has 0 radical (unpaired) electrons. The van der Waals surface area contributed by atoms with Crippen LogP contribution in [0.25, 0.3) is 0 Å². The Hall–Kier alpha value is -1.17. The molecule has 1 heterocycles. The molecule has 0 bridgehead atoms. The molecule has 0 aliphatic carbocycles. The molecule has 0 spiro atoms. The standard InChI is InChI=1S/C18H28FNO3/c1-22-12-3-9-18(15-21)8-2-10-20(14-18)11-13-23-17-6-4-16(19)5-7-17/h4-7,21H,2-3,8-15H2,1H3/t18-/m1/s1. The summed E-state index contributed by atoms with van der Waals surface area (Å²) in [6.45, 7) is 4.31. The van der Waals surface area contributed by atoms with Crippen molar-refractivity contribution in [3.63, 3.8) is 0 Å². The van der Waals surface area contributed by atoms with E-state index in [0.29, 0.717) is 12.4 Å². The Labute approximate surface area is 138 Å². The Morgan fingerprint density at radius 2 is 2.04 bits per heavy atom. The van der Waals surface area contributed by atoms with Crippen LogP contribution in [0.3, 0.4) is 0 Å². The van der Waals surface area contributed by atoms with Crippen LogP contribution in [0.1, 0.15) is 25.7 Å². The SMILES string of the molecule is COCCC[C@]1(CO)CCCN(CCOc2ccc(F)cc2)C1. The number of nitrogens with zero attached hydrogens (tertiary/aromatic N) is 1. The van der Waals surface area contributed by atoms with Gasteiger partial charge in [-0.2, -0.15) is 0 Å². The first-order valence-electron chi connectivity index (χ1n) is 8.38. The van der Waals surface area contributed by atoms with Crippen LogP contribution >= 0.6 is 0 Å². The number of rotatable bonds is 9. The van der Waals surface area contributed by atoms with Crippen LogP contribution in [0.2, 0.25) is 0 Å². The number of hydrogen-bond donors (Lipinski definition) is 1. The Balaban J connectivity index is 1.77. The van der Waals surface area contributed by atoms with Gasteiger partial charge in [0.2, 0.25) is 0 Å². The first-order chi connectivity index (χ1) is 11.2. The molecule has 0 unspecified atom stereocenters. The van der Waals surface area contributed by atoms with Crippen LogP contribution in [-0.2, 0) is 4.74 Å². The highest BCUT2D eigenvalue weighted by molar-refractivity contribution is 5.21. The average Bonchev–Trinajstić information content (AvgIpc) is 2.57. The molecule has 1 atom stereocenters. The number of methoxy groups -OCH3 is 1. The number of halogens is 1. The summed E-state index contributed by atoms with van der Waals surface area (Å²) in [5.74, 6) is 0.439. The third-order valence-electron chi connectivity index (χ3n) is 4.62. The summed E-state index contributed by atoms with van der Waals surface area (Å²) in [7, 11) is 1.71. The number of aliphatic hydroxyl groups excluding tert-OH is 1. The molecular formula is C18H28FNO3. The van der Waals surface area contributed by atoms with E-state index in [0.717, 1.165) is 51.9 Å². The molecule has 130 valence electrons. The lowest BCUT2D eigenvalue weighted by Crippen LogP contribution is -2.46. The zero-order valence-electron chi connectivity index (χ0n) is 14.0. The fraction of sp³-hybridized carbons (Fsp3) is 0.667. The van der Waals surface area contributed by atoms with E-state index in [1.807, 2.05) is 0 Å². The van der Waals surface area contributed by atoms with Gasteiger partial charge in [0.1, 0.15) is 18.2 Å². The molecule has 5 heteroatoms. The van der Waals surface area contributed by atoms with Crippen molar-refractivity contribution in [1.82, 2.24) is 4.90 Å². The van der Waals surface area contributed by atoms with Gasteiger partial charge in [-0.1, -0.05) is 0 Å². The van der Waals surface area contributed by atoms with E-state index in [1.165, 1.54) is 12.1 Å². The van der Waals surface area contributed by atoms with Gasteiger partial charge in [0.05, 0.1) is 0 Å². The van der Waals surface area contributed by atoms with Crippen molar-refractivity contribution in [2.45, 2.75) is 25.7 Å². The van der Waals surface area contributed by atoms with Crippen molar-refractivity contribution in [3.8, 4) is 5.75 Å². The van der Waals surface area contributed by atoms with Crippen molar-refractivity contribution in [3.05, 3.63) is 30.1 Å². The highest BCUT2D eigenvalue weighted by atomic mass is 19.1. The van der Waals surface area contributed by atoms with Gasteiger partial charge in [-0.25, -0.2) is 4.39 Å². The minimum atomic E-state index is -0.253. The van der Waals surface area contributed by atoms with Crippen LogP contribution in [0.15, 0.2) is 24.3 Å². The van der Waals surface area contributed by atoms with Crippen molar-refractivity contribution < 1.29 is 19.0 Å². The average molecular weight is 325 g/mol. The molecule has 1 aromatic rings. The molecule has 1 aliphatic rings. The number of likely N-dealkylation sites (tertiary alicyclic amines) is 1. The number of hydrogen-bond acceptors (Lipinski definition) is 4. The topological polar surface area (TPSA) is 41.9 Å². The fourth-order valence-electron chi connectivity index (χ4n) is 3.33. The van der Waals surface area contributed by atoms with E-state index < -0.39 is 0 Å². The monoisotopic (exact) mass is 325 g/mol. The second-order valence-corrected chi connectivity index (χ2v) is 6.44. The summed E-state index contributed by atoms with van der Waals surface area (Å²) in [5, 5.41) is 9.85. The summed E-state index contributed by atoms with van der Waals surface area (Å²) in [5.41, 5.74) is -0.00729. The van der Waals surface area contributed by atoms with Gasteiger partial charge < -0.3 is 14.6 Å². The zero-order chi connectivity index (χ0) is 16.5. The first kappa shape index (κ1) is 18.2. The maximum atomic E-state index is 12.9. The second kappa shape index (κ2) is 9.21. The quantitative estimate of drug-likeness (QED) is 0.709. The van der Waals surface area contributed by atoms with Gasteiger partial charge in [-0.15, -0.1) is 0 Å². The maximum Gasteiger partial charge on any atom is 0.123 e. The van der Waals surface area contributed by atoms with E-state index >= 15 is 0 Å². The van der Waals surface area contributed by atoms with Gasteiger partial charge in [0, 0.05) is 38.8 Å². The Kier molecular flexibility index (Phi) is 7.27. The Morgan fingerprint density at radius 3 is 2.74 bits per heavy atom. The van der Waals surface area contributed by atoms with Crippen LogP contribution in [0, 0.1) is 11.2 Å². The third kappa shape index (κ3) is 5.75. The molecule has 1 aliphatic heterocycles. The number of benzene rings is 1. The molecule has 23 heavy (non-hydrogen) atoms. The predicted octanol–water partition coefficient (Wildman–Crippen LogP) is 2.71. The van der Waals surface area contributed by atoms with E-state index in [2.05, 4.69) is 4.90 Å². The van der Waals surface area contributed by atoms with Gasteiger partial charge in [0.25, 0.3) is 0 Å². The highest BCUT2D eigenvalue weighted by Crippen LogP contribution is 2.34. The molecule has 1 fully saturated rings. The van der Waals surface area contributed by atoms with Crippen LogP contribution in [0.5, 0.6) is 5.75 Å². The minimum absolute atomic E-state index is 0.00729. The molecule has 4 nitrogen and oxygen atoms in total. The molecule has 1 saturated heterocycles. The third-order valence-corrected chi connectivity index (χ3v) is 4.62. The van der Waals surface area contributed by atoms with Gasteiger partial charge in [-0.05, 0) is 56.5 Å². The molecule has 0 amide bonds. The number of piperidine rings is 1. The molecule has 2 rings (SSSR count). The normalized spacial score (nSPS) is 22.2. The molecule has 0 aromatic heterocycles.